The van der Waals surface area contributed by atoms with Crippen LogP contribution in [0.15, 0.2) is 34.1 Å². The summed E-state index contributed by atoms with van der Waals surface area (Å²) in [6.07, 6.45) is 3.30. The Labute approximate surface area is 123 Å². The number of sulfonamides is 1. The third-order valence-electron chi connectivity index (χ3n) is 3.74. The van der Waals surface area contributed by atoms with Crippen molar-refractivity contribution in [2.24, 2.45) is 0 Å². The molecule has 1 saturated carbocycles. The van der Waals surface area contributed by atoms with E-state index in [4.69, 9.17) is 10.7 Å². The van der Waals surface area contributed by atoms with Gasteiger partial charge in [0.15, 0.2) is 0 Å². The summed E-state index contributed by atoms with van der Waals surface area (Å²) in [6, 6.07) is 5.06. The zero-order valence-electron chi connectivity index (χ0n) is 11.0. The molecule has 1 aliphatic carbocycles. The molecule has 0 spiro atoms. The van der Waals surface area contributed by atoms with Crippen molar-refractivity contribution in [1.82, 2.24) is 4.72 Å². The average molecular weight is 338 g/mol. The van der Waals surface area contributed by atoms with Gasteiger partial charge in [0.05, 0.1) is 9.79 Å². The van der Waals surface area contributed by atoms with Gasteiger partial charge in [0, 0.05) is 16.2 Å². The van der Waals surface area contributed by atoms with E-state index in [1.807, 2.05) is 6.92 Å². The quantitative estimate of drug-likeness (QED) is 0.835. The molecule has 8 heteroatoms. The molecule has 20 heavy (non-hydrogen) atoms. The van der Waals surface area contributed by atoms with Crippen molar-refractivity contribution in [2.75, 3.05) is 0 Å². The summed E-state index contributed by atoms with van der Waals surface area (Å²) in [6.45, 7) is 1.93. The first-order valence-electron chi connectivity index (χ1n) is 6.27. The lowest BCUT2D eigenvalue weighted by Crippen LogP contribution is -2.52. The maximum Gasteiger partial charge on any atom is 0.261 e. The van der Waals surface area contributed by atoms with E-state index in [-0.39, 0.29) is 9.79 Å². The van der Waals surface area contributed by atoms with Crippen LogP contribution < -0.4 is 4.72 Å². The lowest BCUT2D eigenvalue weighted by Gasteiger charge is -2.41. The highest BCUT2D eigenvalue weighted by molar-refractivity contribution is 8.13. The maximum atomic E-state index is 12.3. The van der Waals surface area contributed by atoms with Crippen LogP contribution in [-0.4, -0.2) is 22.4 Å². The number of rotatable bonds is 5. The molecule has 0 unspecified atom stereocenters. The Morgan fingerprint density at radius 1 is 1.20 bits per heavy atom. The largest absolute Gasteiger partial charge is 0.261 e. The first kappa shape index (κ1) is 15.8. The van der Waals surface area contributed by atoms with E-state index in [1.165, 1.54) is 18.2 Å². The van der Waals surface area contributed by atoms with Crippen LogP contribution in [0.3, 0.4) is 0 Å². The summed E-state index contributed by atoms with van der Waals surface area (Å²) in [7, 11) is -2.46. The Morgan fingerprint density at radius 3 is 2.25 bits per heavy atom. The Morgan fingerprint density at radius 2 is 1.80 bits per heavy atom. The Hall–Kier alpha value is -0.630. The Kier molecular flexibility index (Phi) is 4.17. The SMILES string of the molecule is CCC1(NS(=O)(=O)c2cccc(S(=O)(=O)Cl)c2)CCC1. The lowest BCUT2D eigenvalue weighted by molar-refractivity contribution is 0.214. The molecule has 0 atom stereocenters. The minimum absolute atomic E-state index is 0.0843. The first-order chi connectivity index (χ1) is 9.19. The molecule has 1 aromatic rings. The van der Waals surface area contributed by atoms with E-state index < -0.39 is 24.6 Å². The van der Waals surface area contributed by atoms with Crippen molar-refractivity contribution in [3.8, 4) is 0 Å². The van der Waals surface area contributed by atoms with Gasteiger partial charge in [-0.2, -0.15) is 0 Å². The van der Waals surface area contributed by atoms with Crippen molar-refractivity contribution in [2.45, 2.75) is 47.9 Å². The third kappa shape index (κ3) is 3.16. The van der Waals surface area contributed by atoms with Crippen LogP contribution in [0, 0.1) is 0 Å². The van der Waals surface area contributed by atoms with Gasteiger partial charge in [0.1, 0.15) is 0 Å². The second-order valence-electron chi connectivity index (χ2n) is 5.01. The predicted octanol–water partition coefficient (Wildman–Crippen LogP) is 2.23. The first-order valence-corrected chi connectivity index (χ1v) is 10.1. The summed E-state index contributed by atoms with van der Waals surface area (Å²) < 4.78 is 49.9. The summed E-state index contributed by atoms with van der Waals surface area (Å²) in [4.78, 5) is -0.305. The van der Waals surface area contributed by atoms with Crippen molar-refractivity contribution in [3.05, 3.63) is 24.3 Å². The fourth-order valence-corrected chi connectivity index (χ4v) is 4.72. The maximum absolute atomic E-state index is 12.3. The molecule has 112 valence electrons. The Balaban J connectivity index is 2.35. The van der Waals surface area contributed by atoms with Crippen LogP contribution in [-0.2, 0) is 19.1 Å². The van der Waals surface area contributed by atoms with Crippen molar-refractivity contribution in [1.29, 1.82) is 0 Å². The number of benzene rings is 1. The van der Waals surface area contributed by atoms with Crippen LogP contribution in [0.5, 0.6) is 0 Å². The average Bonchev–Trinajstić information content (AvgIpc) is 2.33. The number of hydrogen-bond donors (Lipinski definition) is 1. The van der Waals surface area contributed by atoms with E-state index in [0.717, 1.165) is 25.3 Å². The molecular formula is C12H16ClNO4S2. The molecule has 5 nitrogen and oxygen atoms in total. The zero-order valence-corrected chi connectivity index (χ0v) is 13.4. The van der Waals surface area contributed by atoms with Crippen LogP contribution in [0.4, 0.5) is 0 Å². The van der Waals surface area contributed by atoms with E-state index in [1.54, 1.807) is 0 Å². The van der Waals surface area contributed by atoms with E-state index >= 15 is 0 Å². The van der Waals surface area contributed by atoms with Crippen LogP contribution in [0.2, 0.25) is 0 Å². The fraction of sp³-hybridized carbons (Fsp3) is 0.500. The number of nitrogens with one attached hydrogen (secondary N) is 1. The second-order valence-corrected chi connectivity index (χ2v) is 9.25. The molecule has 0 amide bonds. The smallest absolute Gasteiger partial charge is 0.207 e. The normalized spacial score (nSPS) is 18.5. The molecule has 0 bridgehead atoms. The van der Waals surface area contributed by atoms with Crippen molar-refractivity contribution in [3.63, 3.8) is 0 Å². The van der Waals surface area contributed by atoms with Gasteiger partial charge in [-0.1, -0.05) is 13.0 Å². The van der Waals surface area contributed by atoms with Crippen LogP contribution in [0.1, 0.15) is 32.6 Å². The molecular weight excluding hydrogens is 322 g/mol. The van der Waals surface area contributed by atoms with Gasteiger partial charge in [0.25, 0.3) is 9.05 Å². The summed E-state index contributed by atoms with van der Waals surface area (Å²) >= 11 is 0. The molecule has 0 aliphatic heterocycles. The van der Waals surface area contributed by atoms with Crippen LogP contribution >= 0.6 is 10.7 Å². The highest BCUT2D eigenvalue weighted by Gasteiger charge is 2.39. The molecule has 1 N–H and O–H groups in total. The number of halogens is 1. The summed E-state index contributed by atoms with van der Waals surface area (Å²) in [5.41, 5.74) is -0.394. The van der Waals surface area contributed by atoms with Crippen molar-refractivity contribution < 1.29 is 16.8 Å². The van der Waals surface area contributed by atoms with E-state index in [2.05, 4.69) is 4.72 Å². The summed E-state index contributed by atoms with van der Waals surface area (Å²) in [5.74, 6) is 0. The fourth-order valence-electron chi connectivity index (χ4n) is 2.27. The highest BCUT2D eigenvalue weighted by atomic mass is 35.7. The Bertz CT molecular complexity index is 703. The monoisotopic (exact) mass is 337 g/mol. The van der Waals surface area contributed by atoms with E-state index in [9.17, 15) is 16.8 Å². The van der Waals surface area contributed by atoms with Crippen LogP contribution in [0.25, 0.3) is 0 Å². The van der Waals surface area contributed by atoms with Gasteiger partial charge in [-0.15, -0.1) is 0 Å². The molecule has 2 rings (SSSR count). The lowest BCUT2D eigenvalue weighted by atomic mass is 9.76. The second kappa shape index (κ2) is 5.29. The molecule has 0 aromatic heterocycles. The molecule has 0 saturated heterocycles. The van der Waals surface area contributed by atoms with Gasteiger partial charge in [-0.25, -0.2) is 21.6 Å². The minimum Gasteiger partial charge on any atom is -0.207 e. The number of hydrogen-bond acceptors (Lipinski definition) is 4. The van der Waals surface area contributed by atoms with Gasteiger partial charge in [-0.3, -0.25) is 0 Å². The third-order valence-corrected chi connectivity index (χ3v) is 6.66. The topological polar surface area (TPSA) is 80.3 Å². The predicted molar refractivity (Wildman–Crippen MR) is 76.7 cm³/mol. The van der Waals surface area contributed by atoms with Gasteiger partial charge in [-0.05, 0) is 43.9 Å². The van der Waals surface area contributed by atoms with Gasteiger partial charge >= 0.3 is 0 Å². The van der Waals surface area contributed by atoms with E-state index in [0.29, 0.717) is 6.42 Å². The molecule has 1 aromatic carbocycles. The molecule has 1 fully saturated rings. The molecule has 1 aliphatic rings. The highest BCUT2D eigenvalue weighted by Crippen LogP contribution is 2.36. The standard InChI is InChI=1S/C12H16ClNO4S2/c1-2-12(7-4-8-12)14-20(17,18)11-6-3-5-10(9-11)19(13,15)16/h3,5-6,9,14H,2,4,7-8H2,1H3. The minimum atomic E-state index is -3.95. The zero-order chi connectivity index (χ0) is 15.0. The van der Waals surface area contributed by atoms with Gasteiger partial charge in [0.2, 0.25) is 10.0 Å². The molecule has 0 heterocycles. The van der Waals surface area contributed by atoms with Crippen molar-refractivity contribution >= 4 is 29.8 Å². The summed E-state index contributed by atoms with van der Waals surface area (Å²) in [5, 5.41) is 0. The molecule has 0 radical (unpaired) electrons. The van der Waals surface area contributed by atoms with Gasteiger partial charge < -0.3 is 0 Å².